The molecule has 0 aromatic rings. The van der Waals surface area contributed by atoms with Gasteiger partial charge in [-0.1, -0.05) is 45.4 Å². The average molecular weight is 335 g/mol. The van der Waals surface area contributed by atoms with E-state index in [0.717, 1.165) is 30.6 Å². The summed E-state index contributed by atoms with van der Waals surface area (Å²) in [6.45, 7) is 3.88. The molecule has 0 unspecified atom stereocenters. The van der Waals surface area contributed by atoms with E-state index < -0.39 is 0 Å². The molecule has 0 atom stereocenters. The van der Waals surface area contributed by atoms with Gasteiger partial charge in [0.2, 0.25) is 0 Å². The lowest BCUT2D eigenvalue weighted by Gasteiger charge is -2.37. The van der Waals surface area contributed by atoms with E-state index in [9.17, 15) is 9.59 Å². The van der Waals surface area contributed by atoms with Gasteiger partial charge in [-0.05, 0) is 63.2 Å². The number of unbranched alkanes of at least 4 members (excludes halogenated alkanes) is 2. The van der Waals surface area contributed by atoms with Crippen molar-refractivity contribution in [3.63, 3.8) is 0 Å². The fourth-order valence-electron chi connectivity index (χ4n) is 5.05. The molecule has 0 spiro atoms. The van der Waals surface area contributed by atoms with Crippen LogP contribution in [0, 0.1) is 23.7 Å². The van der Waals surface area contributed by atoms with Crippen molar-refractivity contribution < 1.29 is 9.59 Å². The Morgan fingerprint density at radius 3 is 1.92 bits per heavy atom. The number of ketones is 2. The van der Waals surface area contributed by atoms with Crippen molar-refractivity contribution in [3.8, 4) is 0 Å². The number of carbonyl (C=O) groups is 2. The number of hydrogen-bond donors (Lipinski definition) is 0. The van der Waals surface area contributed by atoms with Gasteiger partial charge in [0.1, 0.15) is 11.6 Å². The molecule has 2 aliphatic rings. The SMILES string of the molecule is CCCCCC1CCC(C2CCC(C(=O)CCC(C)=O)CC2)CC1. The summed E-state index contributed by atoms with van der Waals surface area (Å²) in [5.41, 5.74) is 0. The third kappa shape index (κ3) is 6.33. The van der Waals surface area contributed by atoms with Crippen molar-refractivity contribution in [3.05, 3.63) is 0 Å². The second-order valence-corrected chi connectivity index (χ2v) is 8.56. The van der Waals surface area contributed by atoms with Gasteiger partial charge >= 0.3 is 0 Å². The van der Waals surface area contributed by atoms with Gasteiger partial charge in [-0.3, -0.25) is 4.79 Å². The first-order chi connectivity index (χ1) is 11.6. The largest absolute Gasteiger partial charge is 0.300 e. The zero-order valence-electron chi connectivity index (χ0n) is 16.0. The van der Waals surface area contributed by atoms with Crippen molar-refractivity contribution in [1.82, 2.24) is 0 Å². The lowest BCUT2D eigenvalue weighted by atomic mass is 9.68. The van der Waals surface area contributed by atoms with Crippen LogP contribution in [0.5, 0.6) is 0 Å². The summed E-state index contributed by atoms with van der Waals surface area (Å²) in [5.74, 6) is 3.55. The molecule has 0 amide bonds. The second-order valence-electron chi connectivity index (χ2n) is 8.56. The standard InChI is InChI=1S/C22H38O2/c1-3-4-5-6-18-8-10-19(11-9-18)20-12-14-21(15-13-20)22(24)16-7-17(2)23/h18-21H,3-16H2,1-2H3. The predicted molar refractivity (Wildman–Crippen MR) is 100.0 cm³/mol. The van der Waals surface area contributed by atoms with Gasteiger partial charge in [0.05, 0.1) is 0 Å². The average Bonchev–Trinajstić information content (AvgIpc) is 2.60. The van der Waals surface area contributed by atoms with E-state index in [-0.39, 0.29) is 11.7 Å². The Morgan fingerprint density at radius 1 is 0.792 bits per heavy atom. The van der Waals surface area contributed by atoms with Crippen molar-refractivity contribution in [2.75, 3.05) is 0 Å². The minimum Gasteiger partial charge on any atom is -0.300 e. The lowest BCUT2D eigenvalue weighted by Crippen LogP contribution is -2.28. The van der Waals surface area contributed by atoms with Gasteiger partial charge in [0.25, 0.3) is 0 Å². The molecular weight excluding hydrogens is 296 g/mol. The van der Waals surface area contributed by atoms with Crippen LogP contribution in [0.15, 0.2) is 0 Å². The Hall–Kier alpha value is -0.660. The molecule has 0 aliphatic heterocycles. The summed E-state index contributed by atoms with van der Waals surface area (Å²) >= 11 is 0. The van der Waals surface area contributed by atoms with E-state index in [2.05, 4.69) is 6.92 Å². The first-order valence-electron chi connectivity index (χ1n) is 10.6. The molecule has 0 aromatic heterocycles. The fraction of sp³-hybridized carbons (Fsp3) is 0.909. The lowest BCUT2D eigenvalue weighted by molar-refractivity contribution is -0.127. The molecule has 0 N–H and O–H groups in total. The summed E-state index contributed by atoms with van der Waals surface area (Å²) in [7, 11) is 0. The number of carbonyl (C=O) groups excluding carboxylic acids is 2. The molecule has 0 radical (unpaired) electrons. The minimum absolute atomic E-state index is 0.146. The Bertz CT molecular complexity index is 385. The molecule has 2 rings (SSSR count). The second kappa shape index (κ2) is 10.4. The highest BCUT2D eigenvalue weighted by atomic mass is 16.1. The maximum atomic E-state index is 12.2. The van der Waals surface area contributed by atoms with Gasteiger partial charge in [-0.15, -0.1) is 0 Å². The van der Waals surface area contributed by atoms with E-state index in [1.807, 2.05) is 0 Å². The van der Waals surface area contributed by atoms with Crippen molar-refractivity contribution in [1.29, 1.82) is 0 Å². The molecule has 2 fully saturated rings. The van der Waals surface area contributed by atoms with E-state index in [1.54, 1.807) is 6.92 Å². The summed E-state index contributed by atoms with van der Waals surface area (Å²) in [6, 6.07) is 0. The normalized spacial score (nSPS) is 30.9. The molecule has 2 aliphatic carbocycles. The van der Waals surface area contributed by atoms with Crippen LogP contribution in [-0.4, -0.2) is 11.6 Å². The highest BCUT2D eigenvalue weighted by molar-refractivity contribution is 5.86. The van der Waals surface area contributed by atoms with Gasteiger partial charge in [0.15, 0.2) is 0 Å². The summed E-state index contributed by atoms with van der Waals surface area (Å²) in [5, 5.41) is 0. The number of rotatable bonds is 9. The fourth-order valence-corrected chi connectivity index (χ4v) is 5.05. The van der Waals surface area contributed by atoms with E-state index in [4.69, 9.17) is 0 Å². The summed E-state index contributed by atoms with van der Waals surface area (Å²) < 4.78 is 0. The molecule has 0 saturated heterocycles. The Labute approximate surface area is 149 Å². The van der Waals surface area contributed by atoms with Crippen LogP contribution in [0.25, 0.3) is 0 Å². The zero-order chi connectivity index (χ0) is 17.4. The molecule has 24 heavy (non-hydrogen) atoms. The Balaban J connectivity index is 1.64. The molecule has 2 heteroatoms. The quantitative estimate of drug-likeness (QED) is 0.476. The van der Waals surface area contributed by atoms with Crippen LogP contribution >= 0.6 is 0 Å². The van der Waals surface area contributed by atoms with Gasteiger partial charge in [-0.25, -0.2) is 0 Å². The Kier molecular flexibility index (Phi) is 8.49. The maximum Gasteiger partial charge on any atom is 0.136 e. The molecule has 2 nitrogen and oxygen atoms in total. The third-order valence-corrected chi connectivity index (χ3v) is 6.72. The van der Waals surface area contributed by atoms with Crippen molar-refractivity contribution in [2.24, 2.45) is 23.7 Å². The van der Waals surface area contributed by atoms with E-state index in [1.165, 1.54) is 64.2 Å². The van der Waals surface area contributed by atoms with Crippen LogP contribution in [0.3, 0.4) is 0 Å². The predicted octanol–water partition coefficient (Wildman–Crippen LogP) is 6.12. The van der Waals surface area contributed by atoms with Crippen LogP contribution in [0.2, 0.25) is 0 Å². The van der Waals surface area contributed by atoms with Crippen LogP contribution < -0.4 is 0 Å². The summed E-state index contributed by atoms with van der Waals surface area (Å²) in [4.78, 5) is 23.2. The van der Waals surface area contributed by atoms with E-state index in [0.29, 0.717) is 18.6 Å². The van der Waals surface area contributed by atoms with Crippen LogP contribution in [-0.2, 0) is 9.59 Å². The van der Waals surface area contributed by atoms with Crippen molar-refractivity contribution >= 4 is 11.6 Å². The topological polar surface area (TPSA) is 34.1 Å². The highest BCUT2D eigenvalue weighted by Gasteiger charge is 2.32. The number of Topliss-reactive ketones (excluding diaryl/α,β-unsaturated/α-hetero) is 2. The molecule has 138 valence electrons. The monoisotopic (exact) mass is 334 g/mol. The smallest absolute Gasteiger partial charge is 0.136 e. The first-order valence-corrected chi connectivity index (χ1v) is 10.6. The Morgan fingerprint density at radius 2 is 1.38 bits per heavy atom. The van der Waals surface area contributed by atoms with Gasteiger partial charge < -0.3 is 4.79 Å². The molecule has 0 heterocycles. The zero-order valence-corrected chi connectivity index (χ0v) is 16.0. The molecule has 0 aromatic carbocycles. The number of hydrogen-bond acceptors (Lipinski definition) is 2. The third-order valence-electron chi connectivity index (χ3n) is 6.72. The summed E-state index contributed by atoms with van der Waals surface area (Å²) in [6.07, 6.45) is 17.0. The van der Waals surface area contributed by atoms with E-state index >= 15 is 0 Å². The van der Waals surface area contributed by atoms with Crippen LogP contribution in [0.1, 0.15) is 104 Å². The highest BCUT2D eigenvalue weighted by Crippen LogP contribution is 2.42. The van der Waals surface area contributed by atoms with Gasteiger partial charge in [-0.2, -0.15) is 0 Å². The molecule has 0 bridgehead atoms. The molecular formula is C22H38O2. The first kappa shape index (κ1) is 19.7. The maximum absolute atomic E-state index is 12.2. The molecule has 2 saturated carbocycles. The van der Waals surface area contributed by atoms with Crippen molar-refractivity contribution in [2.45, 2.75) is 104 Å². The van der Waals surface area contributed by atoms with Gasteiger partial charge in [0, 0.05) is 18.8 Å². The van der Waals surface area contributed by atoms with Crippen LogP contribution in [0.4, 0.5) is 0 Å². The minimum atomic E-state index is 0.146.